The molecule has 156 valence electrons. The number of fused-ring (bicyclic) bond motifs is 2. The summed E-state index contributed by atoms with van der Waals surface area (Å²) in [5.74, 6) is -1.22. The SMILES string of the molecule is CN(C)CCn1cc(C2=C(c3c[nH]c4ccccc34)C(=O)NC2=O)c2ccc(F)cc21. The fraction of sp³-hybridized carbons (Fsp3) is 0.167. The van der Waals surface area contributed by atoms with Crippen LogP contribution in [-0.2, 0) is 16.1 Å². The highest BCUT2D eigenvalue weighted by Crippen LogP contribution is 2.38. The molecule has 0 unspecified atom stereocenters. The van der Waals surface area contributed by atoms with Crippen LogP contribution >= 0.6 is 0 Å². The minimum Gasteiger partial charge on any atom is -0.361 e. The van der Waals surface area contributed by atoms with Gasteiger partial charge in [-0.25, -0.2) is 4.39 Å². The molecule has 1 aliphatic heterocycles. The summed E-state index contributed by atoms with van der Waals surface area (Å²) < 4.78 is 16.0. The first-order chi connectivity index (χ1) is 14.9. The van der Waals surface area contributed by atoms with Crippen molar-refractivity contribution in [1.29, 1.82) is 0 Å². The summed E-state index contributed by atoms with van der Waals surface area (Å²) in [7, 11) is 3.93. The van der Waals surface area contributed by atoms with Crippen LogP contribution in [0, 0.1) is 5.82 Å². The molecule has 7 heteroatoms. The van der Waals surface area contributed by atoms with Crippen LogP contribution in [0.25, 0.3) is 33.0 Å². The number of aromatic amines is 1. The summed E-state index contributed by atoms with van der Waals surface area (Å²) in [6.45, 7) is 1.37. The molecule has 2 N–H and O–H groups in total. The van der Waals surface area contributed by atoms with Gasteiger partial charge in [0.1, 0.15) is 5.82 Å². The van der Waals surface area contributed by atoms with Gasteiger partial charge in [-0.3, -0.25) is 14.9 Å². The zero-order valence-electron chi connectivity index (χ0n) is 17.2. The maximum Gasteiger partial charge on any atom is 0.259 e. The van der Waals surface area contributed by atoms with Gasteiger partial charge in [-0.2, -0.15) is 0 Å². The molecule has 5 rings (SSSR count). The third kappa shape index (κ3) is 3.14. The Morgan fingerprint density at radius 3 is 2.48 bits per heavy atom. The van der Waals surface area contributed by atoms with E-state index in [1.54, 1.807) is 12.3 Å². The number of rotatable bonds is 5. The van der Waals surface area contributed by atoms with Gasteiger partial charge in [0.25, 0.3) is 11.8 Å². The first kappa shape index (κ1) is 19.3. The Balaban J connectivity index is 1.77. The highest BCUT2D eigenvalue weighted by Gasteiger charge is 2.35. The number of halogens is 1. The summed E-state index contributed by atoms with van der Waals surface area (Å²) in [6, 6.07) is 12.1. The molecule has 31 heavy (non-hydrogen) atoms. The lowest BCUT2D eigenvalue weighted by molar-refractivity contribution is -0.122. The van der Waals surface area contributed by atoms with Crippen LogP contribution in [-0.4, -0.2) is 46.9 Å². The van der Waals surface area contributed by atoms with Crippen LogP contribution in [0.2, 0.25) is 0 Å². The molecule has 0 bridgehead atoms. The van der Waals surface area contributed by atoms with Gasteiger partial charge >= 0.3 is 0 Å². The number of aromatic nitrogens is 2. The largest absolute Gasteiger partial charge is 0.361 e. The van der Waals surface area contributed by atoms with E-state index in [1.165, 1.54) is 12.1 Å². The van der Waals surface area contributed by atoms with E-state index in [4.69, 9.17) is 0 Å². The zero-order chi connectivity index (χ0) is 21.7. The molecule has 4 aromatic rings. The predicted octanol–water partition coefficient (Wildman–Crippen LogP) is 3.39. The second-order valence-electron chi connectivity index (χ2n) is 7.98. The van der Waals surface area contributed by atoms with Crippen molar-refractivity contribution in [1.82, 2.24) is 19.8 Å². The normalized spacial score (nSPS) is 14.5. The van der Waals surface area contributed by atoms with Crippen LogP contribution < -0.4 is 5.32 Å². The second kappa shape index (κ2) is 7.21. The lowest BCUT2D eigenvalue weighted by atomic mass is 9.95. The number of imide groups is 1. The number of benzene rings is 2. The van der Waals surface area contributed by atoms with Crippen molar-refractivity contribution >= 4 is 44.8 Å². The van der Waals surface area contributed by atoms with Gasteiger partial charge in [0.2, 0.25) is 0 Å². The van der Waals surface area contributed by atoms with Crippen molar-refractivity contribution in [3.05, 3.63) is 71.8 Å². The fourth-order valence-corrected chi connectivity index (χ4v) is 4.20. The van der Waals surface area contributed by atoms with Gasteiger partial charge in [0.05, 0.1) is 16.7 Å². The molecule has 2 amide bonds. The number of para-hydroxylation sites is 1. The number of H-pyrrole nitrogens is 1. The molecule has 2 aromatic carbocycles. The molecule has 1 aliphatic rings. The fourth-order valence-electron chi connectivity index (χ4n) is 4.20. The number of hydrogen-bond donors (Lipinski definition) is 2. The lowest BCUT2D eigenvalue weighted by Gasteiger charge is -2.11. The summed E-state index contributed by atoms with van der Waals surface area (Å²) in [6.07, 6.45) is 3.60. The number of nitrogens with one attached hydrogen (secondary N) is 2. The number of carbonyl (C=O) groups is 2. The highest BCUT2D eigenvalue weighted by molar-refractivity contribution is 6.50. The van der Waals surface area contributed by atoms with E-state index < -0.39 is 11.8 Å². The maximum atomic E-state index is 14.0. The molecule has 0 saturated carbocycles. The Bertz CT molecular complexity index is 1390. The summed E-state index contributed by atoms with van der Waals surface area (Å²) in [5.41, 5.74) is 3.51. The van der Waals surface area contributed by atoms with Crippen LogP contribution in [0.3, 0.4) is 0 Å². The molecule has 0 atom stereocenters. The standard InChI is InChI=1S/C24H21FN4O2/c1-28(2)9-10-29-13-18(16-8-7-14(25)11-20(16)29)22-21(23(30)27-24(22)31)17-12-26-19-6-4-3-5-15(17)19/h3-8,11-13,26H,9-10H2,1-2H3,(H,27,30,31). The summed E-state index contributed by atoms with van der Waals surface area (Å²) in [5, 5.41) is 4.04. The number of hydrogen-bond acceptors (Lipinski definition) is 3. The van der Waals surface area contributed by atoms with E-state index in [2.05, 4.69) is 10.3 Å². The maximum absolute atomic E-state index is 14.0. The quantitative estimate of drug-likeness (QED) is 0.490. The third-order valence-electron chi connectivity index (χ3n) is 5.69. The molecule has 3 heterocycles. The monoisotopic (exact) mass is 416 g/mol. The number of likely N-dealkylation sites (N-methyl/N-ethyl adjacent to an activating group) is 1. The highest BCUT2D eigenvalue weighted by atomic mass is 19.1. The molecule has 2 aromatic heterocycles. The molecule has 0 radical (unpaired) electrons. The van der Waals surface area contributed by atoms with Gasteiger partial charge < -0.3 is 14.5 Å². The van der Waals surface area contributed by atoms with Crippen molar-refractivity contribution in [2.24, 2.45) is 0 Å². The van der Waals surface area contributed by atoms with Crippen molar-refractivity contribution in [2.75, 3.05) is 20.6 Å². The topological polar surface area (TPSA) is 70.1 Å². The van der Waals surface area contributed by atoms with Crippen molar-refractivity contribution in [3.63, 3.8) is 0 Å². The lowest BCUT2D eigenvalue weighted by Crippen LogP contribution is -2.22. The van der Waals surface area contributed by atoms with Crippen molar-refractivity contribution in [2.45, 2.75) is 6.54 Å². The molecular formula is C24H21FN4O2. The Labute approximate surface area is 178 Å². The van der Waals surface area contributed by atoms with Crippen LogP contribution in [0.4, 0.5) is 4.39 Å². The molecular weight excluding hydrogens is 395 g/mol. The van der Waals surface area contributed by atoms with E-state index in [0.29, 0.717) is 34.3 Å². The van der Waals surface area contributed by atoms with E-state index >= 15 is 0 Å². The van der Waals surface area contributed by atoms with Crippen LogP contribution in [0.1, 0.15) is 11.1 Å². The molecule has 6 nitrogen and oxygen atoms in total. The van der Waals surface area contributed by atoms with Crippen molar-refractivity contribution in [3.8, 4) is 0 Å². The molecule has 0 fully saturated rings. The van der Waals surface area contributed by atoms with Gasteiger partial charge in [-0.05, 0) is 38.4 Å². The average Bonchev–Trinajstić information content (AvgIpc) is 3.39. The molecule has 0 saturated heterocycles. The Morgan fingerprint density at radius 1 is 0.968 bits per heavy atom. The van der Waals surface area contributed by atoms with E-state index in [1.807, 2.05) is 54.0 Å². The van der Waals surface area contributed by atoms with Gasteiger partial charge in [0.15, 0.2) is 0 Å². The Morgan fingerprint density at radius 2 is 1.71 bits per heavy atom. The minimum absolute atomic E-state index is 0.315. The van der Waals surface area contributed by atoms with E-state index in [0.717, 1.165) is 22.8 Å². The van der Waals surface area contributed by atoms with E-state index in [9.17, 15) is 14.0 Å². The number of amides is 2. The number of nitrogens with zero attached hydrogens (tertiary/aromatic N) is 2. The van der Waals surface area contributed by atoms with E-state index in [-0.39, 0.29) is 5.82 Å². The zero-order valence-corrected chi connectivity index (χ0v) is 17.2. The Hall–Kier alpha value is -3.71. The molecule has 0 aliphatic carbocycles. The van der Waals surface area contributed by atoms with Gasteiger partial charge in [0, 0.05) is 52.9 Å². The van der Waals surface area contributed by atoms with Crippen LogP contribution in [0.15, 0.2) is 54.9 Å². The summed E-state index contributed by atoms with van der Waals surface area (Å²) >= 11 is 0. The Kier molecular flexibility index (Phi) is 4.48. The second-order valence-corrected chi connectivity index (χ2v) is 7.98. The first-order valence-corrected chi connectivity index (χ1v) is 10.0. The van der Waals surface area contributed by atoms with Gasteiger partial charge in [-0.15, -0.1) is 0 Å². The number of carbonyl (C=O) groups excluding carboxylic acids is 2. The smallest absolute Gasteiger partial charge is 0.259 e. The first-order valence-electron chi connectivity index (χ1n) is 10.0. The van der Waals surface area contributed by atoms with Crippen molar-refractivity contribution < 1.29 is 14.0 Å². The van der Waals surface area contributed by atoms with Gasteiger partial charge in [-0.1, -0.05) is 18.2 Å². The predicted molar refractivity (Wildman–Crippen MR) is 119 cm³/mol. The minimum atomic E-state index is -0.443. The van der Waals surface area contributed by atoms with Crippen LogP contribution in [0.5, 0.6) is 0 Å². The molecule has 0 spiro atoms. The average molecular weight is 416 g/mol. The third-order valence-corrected chi connectivity index (χ3v) is 5.69. The summed E-state index contributed by atoms with van der Waals surface area (Å²) in [4.78, 5) is 31.0.